The maximum Gasteiger partial charge on any atom is 0.273 e. The van der Waals surface area contributed by atoms with Crippen LogP contribution in [0, 0.1) is 11.7 Å². The molecule has 7 heteroatoms. The standard InChI is InChI=1S/C28H32FN5O/c1-18(2)15-34-17-20(21-14-31-33(3)16-21)12-27(28(34)35)32-23-7-4-19(5-8-23)24-10-11-30-26-9-6-22(29)13-25(24)26/h6,9-14,16-19,23,32H,4-5,7-8,15H2,1-3H3. The van der Waals surface area contributed by atoms with Gasteiger partial charge in [-0.15, -0.1) is 0 Å². The van der Waals surface area contributed by atoms with Gasteiger partial charge in [-0.3, -0.25) is 14.5 Å². The fourth-order valence-electron chi connectivity index (χ4n) is 5.26. The van der Waals surface area contributed by atoms with E-state index in [1.807, 2.05) is 48.5 Å². The summed E-state index contributed by atoms with van der Waals surface area (Å²) in [6.45, 7) is 4.90. The molecule has 5 rings (SSSR count). The lowest BCUT2D eigenvalue weighted by atomic mass is 9.80. The molecule has 0 radical (unpaired) electrons. The van der Waals surface area contributed by atoms with Crippen LogP contribution in [0.25, 0.3) is 22.0 Å². The van der Waals surface area contributed by atoms with Crippen molar-refractivity contribution in [1.82, 2.24) is 19.3 Å². The summed E-state index contributed by atoms with van der Waals surface area (Å²) in [6, 6.07) is 9.03. The molecule has 3 heterocycles. The average molecular weight is 474 g/mol. The van der Waals surface area contributed by atoms with E-state index in [-0.39, 0.29) is 17.4 Å². The fraction of sp³-hybridized carbons (Fsp3) is 0.393. The SMILES string of the molecule is CC(C)Cn1cc(-c2cnn(C)c2)cc(NC2CCC(c3ccnc4ccc(F)cc34)CC2)c1=O. The Morgan fingerprint density at radius 3 is 2.60 bits per heavy atom. The van der Waals surface area contributed by atoms with Crippen LogP contribution in [0.4, 0.5) is 10.1 Å². The average Bonchev–Trinajstić information content (AvgIpc) is 3.27. The van der Waals surface area contributed by atoms with E-state index in [4.69, 9.17) is 0 Å². The van der Waals surface area contributed by atoms with Crippen molar-refractivity contribution in [1.29, 1.82) is 0 Å². The van der Waals surface area contributed by atoms with E-state index in [9.17, 15) is 9.18 Å². The number of benzene rings is 1. The Morgan fingerprint density at radius 1 is 1.09 bits per heavy atom. The molecule has 1 fully saturated rings. The van der Waals surface area contributed by atoms with Crippen molar-refractivity contribution in [2.45, 2.75) is 58.0 Å². The second kappa shape index (κ2) is 9.64. The number of anilines is 1. The lowest BCUT2D eigenvalue weighted by Crippen LogP contribution is -2.31. The van der Waals surface area contributed by atoms with Gasteiger partial charge in [0.1, 0.15) is 11.5 Å². The third-order valence-corrected chi connectivity index (χ3v) is 6.95. The second-order valence-electron chi connectivity index (χ2n) is 10.2. The van der Waals surface area contributed by atoms with Crippen LogP contribution in [0.5, 0.6) is 0 Å². The van der Waals surface area contributed by atoms with Crippen LogP contribution in [-0.4, -0.2) is 25.4 Å². The third-order valence-electron chi connectivity index (χ3n) is 6.95. The first-order valence-corrected chi connectivity index (χ1v) is 12.4. The first-order chi connectivity index (χ1) is 16.9. The summed E-state index contributed by atoms with van der Waals surface area (Å²) in [5, 5.41) is 8.77. The number of aromatic nitrogens is 4. The van der Waals surface area contributed by atoms with Crippen LogP contribution in [0.2, 0.25) is 0 Å². The highest BCUT2D eigenvalue weighted by Crippen LogP contribution is 2.37. The topological polar surface area (TPSA) is 64.7 Å². The van der Waals surface area contributed by atoms with Crippen LogP contribution in [0.15, 0.2) is 59.9 Å². The van der Waals surface area contributed by atoms with E-state index in [1.54, 1.807) is 16.8 Å². The van der Waals surface area contributed by atoms with Crippen molar-refractivity contribution in [3.8, 4) is 11.1 Å². The number of pyridine rings is 2. The van der Waals surface area contributed by atoms with Gasteiger partial charge in [0.05, 0.1) is 11.7 Å². The third kappa shape index (κ3) is 4.99. The molecule has 1 aromatic carbocycles. The van der Waals surface area contributed by atoms with Gasteiger partial charge in [-0.2, -0.15) is 5.10 Å². The zero-order valence-corrected chi connectivity index (χ0v) is 20.5. The van der Waals surface area contributed by atoms with Gasteiger partial charge < -0.3 is 9.88 Å². The largest absolute Gasteiger partial charge is 0.378 e. The summed E-state index contributed by atoms with van der Waals surface area (Å²) in [4.78, 5) is 17.7. The fourth-order valence-corrected chi connectivity index (χ4v) is 5.26. The number of hydrogen-bond donors (Lipinski definition) is 1. The molecule has 0 saturated heterocycles. The number of nitrogens with zero attached hydrogens (tertiary/aromatic N) is 4. The van der Waals surface area contributed by atoms with Gasteiger partial charge in [0.25, 0.3) is 5.56 Å². The van der Waals surface area contributed by atoms with Gasteiger partial charge in [0.2, 0.25) is 0 Å². The molecule has 1 aliphatic rings. The summed E-state index contributed by atoms with van der Waals surface area (Å²) in [5.41, 5.74) is 4.65. The summed E-state index contributed by atoms with van der Waals surface area (Å²) in [6.07, 6.45) is 11.4. The summed E-state index contributed by atoms with van der Waals surface area (Å²) in [5.74, 6) is 0.494. The molecule has 0 bridgehead atoms. The summed E-state index contributed by atoms with van der Waals surface area (Å²) >= 11 is 0. The Kier molecular flexibility index (Phi) is 6.41. The zero-order chi connectivity index (χ0) is 24.5. The number of nitrogens with one attached hydrogen (secondary N) is 1. The van der Waals surface area contributed by atoms with Crippen molar-refractivity contribution in [2.24, 2.45) is 13.0 Å². The van der Waals surface area contributed by atoms with E-state index >= 15 is 0 Å². The highest BCUT2D eigenvalue weighted by Gasteiger charge is 2.25. The van der Waals surface area contributed by atoms with E-state index in [2.05, 4.69) is 29.2 Å². The molecule has 182 valence electrons. The van der Waals surface area contributed by atoms with Crippen molar-refractivity contribution in [2.75, 3.05) is 5.32 Å². The molecule has 1 N–H and O–H groups in total. The van der Waals surface area contributed by atoms with Crippen molar-refractivity contribution < 1.29 is 4.39 Å². The quantitative estimate of drug-likeness (QED) is 0.388. The maximum absolute atomic E-state index is 13.9. The van der Waals surface area contributed by atoms with Crippen LogP contribution in [-0.2, 0) is 13.6 Å². The molecule has 0 amide bonds. The number of fused-ring (bicyclic) bond motifs is 1. The summed E-state index contributed by atoms with van der Waals surface area (Å²) < 4.78 is 17.5. The molecular weight excluding hydrogens is 441 g/mol. The van der Waals surface area contributed by atoms with Gasteiger partial charge in [0.15, 0.2) is 0 Å². The van der Waals surface area contributed by atoms with Crippen LogP contribution in [0.1, 0.15) is 51.0 Å². The molecule has 1 saturated carbocycles. The van der Waals surface area contributed by atoms with E-state index in [0.717, 1.165) is 47.7 Å². The predicted octanol–water partition coefficient (Wildman–Crippen LogP) is 5.73. The first kappa shape index (κ1) is 23.3. The molecule has 3 aromatic heterocycles. The smallest absolute Gasteiger partial charge is 0.273 e. The van der Waals surface area contributed by atoms with Gasteiger partial charge in [-0.25, -0.2) is 4.39 Å². The van der Waals surface area contributed by atoms with E-state index in [1.165, 1.54) is 11.6 Å². The number of hydrogen-bond acceptors (Lipinski definition) is 4. The number of halogens is 1. The van der Waals surface area contributed by atoms with Gasteiger partial charge in [-0.05, 0) is 73.4 Å². The lowest BCUT2D eigenvalue weighted by molar-refractivity contribution is 0.413. The van der Waals surface area contributed by atoms with E-state index < -0.39 is 0 Å². The van der Waals surface area contributed by atoms with Crippen molar-refractivity contribution in [3.63, 3.8) is 0 Å². The second-order valence-corrected chi connectivity index (χ2v) is 10.2. The van der Waals surface area contributed by atoms with Crippen LogP contribution in [0.3, 0.4) is 0 Å². The zero-order valence-electron chi connectivity index (χ0n) is 20.5. The van der Waals surface area contributed by atoms with Gasteiger partial charge in [-0.1, -0.05) is 13.8 Å². The highest BCUT2D eigenvalue weighted by molar-refractivity contribution is 5.82. The minimum atomic E-state index is -0.228. The monoisotopic (exact) mass is 473 g/mol. The Labute approximate surface area is 204 Å². The Hall–Kier alpha value is -3.48. The minimum absolute atomic E-state index is 0.0177. The molecule has 0 aliphatic heterocycles. The molecule has 6 nitrogen and oxygen atoms in total. The minimum Gasteiger partial charge on any atom is -0.378 e. The summed E-state index contributed by atoms with van der Waals surface area (Å²) in [7, 11) is 1.89. The molecule has 35 heavy (non-hydrogen) atoms. The molecule has 0 unspecified atom stereocenters. The lowest BCUT2D eigenvalue weighted by Gasteiger charge is -2.30. The van der Waals surface area contributed by atoms with Crippen molar-refractivity contribution >= 4 is 16.6 Å². The van der Waals surface area contributed by atoms with Crippen molar-refractivity contribution in [3.05, 3.63) is 76.9 Å². The number of aryl methyl sites for hydroxylation is 1. The first-order valence-electron chi connectivity index (χ1n) is 12.4. The maximum atomic E-state index is 13.9. The molecule has 0 spiro atoms. The normalized spacial score (nSPS) is 18.3. The molecule has 1 aliphatic carbocycles. The van der Waals surface area contributed by atoms with E-state index in [0.29, 0.717) is 24.1 Å². The Morgan fingerprint density at radius 2 is 1.89 bits per heavy atom. The predicted molar refractivity (Wildman–Crippen MR) is 138 cm³/mol. The Bertz CT molecular complexity index is 1400. The highest BCUT2D eigenvalue weighted by atomic mass is 19.1. The Balaban J connectivity index is 1.36. The molecular formula is C28H32FN5O. The van der Waals surface area contributed by atoms with Gasteiger partial charge >= 0.3 is 0 Å². The number of rotatable bonds is 6. The van der Waals surface area contributed by atoms with Crippen LogP contribution < -0.4 is 10.9 Å². The van der Waals surface area contributed by atoms with Crippen LogP contribution >= 0.6 is 0 Å². The molecule has 4 aromatic rings. The van der Waals surface area contributed by atoms with Gasteiger partial charge in [0, 0.05) is 54.7 Å². The molecule has 0 atom stereocenters.